The summed E-state index contributed by atoms with van der Waals surface area (Å²) >= 11 is 0. The topological polar surface area (TPSA) is 46.3 Å². The fourth-order valence-electron chi connectivity index (χ4n) is 2.70. The lowest BCUT2D eigenvalue weighted by Gasteiger charge is -2.34. The molecule has 0 bridgehead atoms. The Morgan fingerprint density at radius 3 is 2.33 bits per heavy atom. The predicted octanol–water partition coefficient (Wildman–Crippen LogP) is 2.82. The number of nitrogens with zero attached hydrogens (tertiary/aromatic N) is 1. The molecule has 0 radical (unpaired) electrons. The van der Waals surface area contributed by atoms with Crippen LogP contribution in [0.4, 0.5) is 0 Å². The maximum atomic E-state index is 12.1. The highest BCUT2D eigenvalue weighted by Gasteiger charge is 2.25. The minimum absolute atomic E-state index is 0. The van der Waals surface area contributed by atoms with Gasteiger partial charge in [-0.15, -0.1) is 12.4 Å². The first kappa shape index (κ1) is 17.7. The molecular formula is C14H29ClN2O. The maximum absolute atomic E-state index is 12.1. The molecule has 0 aromatic heterocycles. The van der Waals surface area contributed by atoms with Crippen LogP contribution in [-0.2, 0) is 4.79 Å². The first-order chi connectivity index (χ1) is 8.04. The molecule has 0 saturated carbocycles. The van der Waals surface area contributed by atoms with Crippen molar-refractivity contribution in [2.24, 2.45) is 17.6 Å². The average Bonchev–Trinajstić information content (AvgIpc) is 2.29. The molecule has 1 rings (SSSR count). The summed E-state index contributed by atoms with van der Waals surface area (Å²) in [4.78, 5) is 14.1. The third-order valence-corrected chi connectivity index (χ3v) is 3.94. The second-order valence-corrected chi connectivity index (χ2v) is 5.68. The zero-order valence-electron chi connectivity index (χ0n) is 12.0. The fourth-order valence-corrected chi connectivity index (χ4v) is 2.70. The van der Waals surface area contributed by atoms with Crippen LogP contribution in [0.1, 0.15) is 52.9 Å². The number of amides is 1. The summed E-state index contributed by atoms with van der Waals surface area (Å²) in [7, 11) is 0. The molecule has 1 fully saturated rings. The summed E-state index contributed by atoms with van der Waals surface area (Å²) in [6.45, 7) is 8.24. The number of hydrogen-bond donors (Lipinski definition) is 1. The van der Waals surface area contributed by atoms with Crippen molar-refractivity contribution in [2.45, 2.75) is 58.9 Å². The molecule has 0 aromatic rings. The molecule has 18 heavy (non-hydrogen) atoms. The standard InChI is InChI=1S/C14H28N2O.ClH/c1-4-5-11(2)10-14(17)16-8-6-13(7-9-16)12(3)15;/h11-13H,4-10,15H2,1-3H3;1H. The van der Waals surface area contributed by atoms with E-state index in [1.54, 1.807) is 0 Å². The molecule has 2 unspecified atom stereocenters. The number of likely N-dealkylation sites (tertiary alicyclic amines) is 1. The van der Waals surface area contributed by atoms with E-state index in [0.717, 1.165) is 38.8 Å². The van der Waals surface area contributed by atoms with Crippen molar-refractivity contribution in [3.8, 4) is 0 Å². The van der Waals surface area contributed by atoms with Crippen LogP contribution >= 0.6 is 12.4 Å². The molecule has 3 nitrogen and oxygen atoms in total. The number of nitrogens with two attached hydrogens (primary N) is 1. The van der Waals surface area contributed by atoms with Crippen molar-refractivity contribution < 1.29 is 4.79 Å². The summed E-state index contributed by atoms with van der Waals surface area (Å²) in [5.41, 5.74) is 5.91. The zero-order valence-corrected chi connectivity index (χ0v) is 12.8. The molecule has 0 aromatic carbocycles. The molecule has 2 atom stereocenters. The van der Waals surface area contributed by atoms with Gasteiger partial charge < -0.3 is 10.6 Å². The number of carbonyl (C=O) groups is 1. The van der Waals surface area contributed by atoms with Crippen molar-refractivity contribution in [3.05, 3.63) is 0 Å². The van der Waals surface area contributed by atoms with E-state index < -0.39 is 0 Å². The molecule has 1 aliphatic rings. The van der Waals surface area contributed by atoms with E-state index in [1.807, 2.05) is 4.90 Å². The van der Waals surface area contributed by atoms with E-state index in [2.05, 4.69) is 20.8 Å². The number of carbonyl (C=O) groups excluding carboxylic acids is 1. The summed E-state index contributed by atoms with van der Waals surface area (Å²) in [5, 5.41) is 0. The van der Waals surface area contributed by atoms with E-state index in [4.69, 9.17) is 5.73 Å². The van der Waals surface area contributed by atoms with Crippen LogP contribution in [-0.4, -0.2) is 29.9 Å². The molecule has 108 valence electrons. The highest BCUT2D eigenvalue weighted by molar-refractivity contribution is 5.85. The Labute approximate surface area is 118 Å². The van der Waals surface area contributed by atoms with Gasteiger partial charge in [0.15, 0.2) is 0 Å². The SMILES string of the molecule is CCCC(C)CC(=O)N1CCC(C(C)N)CC1.Cl. The monoisotopic (exact) mass is 276 g/mol. The average molecular weight is 277 g/mol. The smallest absolute Gasteiger partial charge is 0.222 e. The van der Waals surface area contributed by atoms with Crippen LogP contribution in [0.15, 0.2) is 0 Å². The molecule has 1 aliphatic heterocycles. The molecule has 1 saturated heterocycles. The first-order valence-electron chi connectivity index (χ1n) is 7.08. The van der Waals surface area contributed by atoms with Gasteiger partial charge >= 0.3 is 0 Å². The summed E-state index contributed by atoms with van der Waals surface area (Å²) < 4.78 is 0. The number of rotatable bonds is 5. The van der Waals surface area contributed by atoms with Crippen LogP contribution in [0, 0.1) is 11.8 Å². The highest BCUT2D eigenvalue weighted by Crippen LogP contribution is 2.21. The fraction of sp³-hybridized carbons (Fsp3) is 0.929. The Balaban J connectivity index is 0.00000289. The molecule has 2 N–H and O–H groups in total. The van der Waals surface area contributed by atoms with Gasteiger partial charge in [-0.2, -0.15) is 0 Å². The van der Waals surface area contributed by atoms with Gasteiger partial charge in [-0.25, -0.2) is 0 Å². The Hall–Kier alpha value is -0.280. The quantitative estimate of drug-likeness (QED) is 0.839. The lowest BCUT2D eigenvalue weighted by molar-refractivity contribution is -0.133. The Bertz CT molecular complexity index is 238. The molecule has 1 amide bonds. The Morgan fingerprint density at radius 1 is 1.33 bits per heavy atom. The van der Waals surface area contributed by atoms with Gasteiger partial charge in [0.1, 0.15) is 0 Å². The Kier molecular flexibility index (Phi) is 8.62. The van der Waals surface area contributed by atoms with Crippen LogP contribution in [0.5, 0.6) is 0 Å². The Morgan fingerprint density at radius 2 is 1.89 bits per heavy atom. The van der Waals surface area contributed by atoms with Crippen LogP contribution < -0.4 is 5.73 Å². The largest absolute Gasteiger partial charge is 0.343 e. The van der Waals surface area contributed by atoms with Crippen molar-refractivity contribution in [2.75, 3.05) is 13.1 Å². The zero-order chi connectivity index (χ0) is 12.8. The molecule has 1 heterocycles. The van der Waals surface area contributed by atoms with Gasteiger partial charge in [-0.1, -0.05) is 26.7 Å². The predicted molar refractivity (Wildman–Crippen MR) is 78.9 cm³/mol. The van der Waals surface area contributed by atoms with E-state index in [9.17, 15) is 4.79 Å². The number of halogens is 1. The lowest BCUT2D eigenvalue weighted by Crippen LogP contribution is -2.42. The van der Waals surface area contributed by atoms with Crippen LogP contribution in [0.3, 0.4) is 0 Å². The summed E-state index contributed by atoms with van der Waals surface area (Å²) in [5.74, 6) is 1.47. The minimum Gasteiger partial charge on any atom is -0.343 e. The van der Waals surface area contributed by atoms with Crippen molar-refractivity contribution in [3.63, 3.8) is 0 Å². The molecular weight excluding hydrogens is 248 g/mol. The van der Waals surface area contributed by atoms with E-state index in [-0.39, 0.29) is 18.4 Å². The minimum atomic E-state index is 0. The van der Waals surface area contributed by atoms with Crippen LogP contribution in [0.25, 0.3) is 0 Å². The first-order valence-corrected chi connectivity index (χ1v) is 7.08. The second kappa shape index (κ2) is 8.76. The van der Waals surface area contributed by atoms with Gasteiger partial charge in [0.05, 0.1) is 0 Å². The number of hydrogen-bond acceptors (Lipinski definition) is 2. The maximum Gasteiger partial charge on any atom is 0.222 e. The molecule has 0 aliphatic carbocycles. The lowest BCUT2D eigenvalue weighted by atomic mass is 9.90. The van der Waals surface area contributed by atoms with Gasteiger partial charge in [0.25, 0.3) is 0 Å². The third-order valence-electron chi connectivity index (χ3n) is 3.94. The highest BCUT2D eigenvalue weighted by atomic mass is 35.5. The van der Waals surface area contributed by atoms with Crippen LogP contribution in [0.2, 0.25) is 0 Å². The summed E-state index contributed by atoms with van der Waals surface area (Å²) in [6, 6.07) is 0.270. The normalized spacial score (nSPS) is 20.1. The van der Waals surface area contributed by atoms with E-state index in [1.165, 1.54) is 6.42 Å². The molecule has 0 spiro atoms. The van der Waals surface area contributed by atoms with Gasteiger partial charge in [-0.3, -0.25) is 4.79 Å². The number of piperidine rings is 1. The van der Waals surface area contributed by atoms with Gasteiger partial charge in [0, 0.05) is 25.6 Å². The van der Waals surface area contributed by atoms with E-state index >= 15 is 0 Å². The summed E-state index contributed by atoms with van der Waals surface area (Å²) in [6.07, 6.45) is 5.19. The molecule has 4 heteroatoms. The third kappa shape index (κ3) is 5.57. The van der Waals surface area contributed by atoms with Crippen molar-refractivity contribution in [1.82, 2.24) is 4.90 Å². The van der Waals surface area contributed by atoms with Gasteiger partial charge in [0.2, 0.25) is 5.91 Å². The van der Waals surface area contributed by atoms with Gasteiger partial charge in [-0.05, 0) is 31.6 Å². The van der Waals surface area contributed by atoms with Crippen molar-refractivity contribution >= 4 is 18.3 Å². The van der Waals surface area contributed by atoms with Crippen molar-refractivity contribution in [1.29, 1.82) is 0 Å². The van der Waals surface area contributed by atoms with E-state index in [0.29, 0.717) is 17.7 Å². The second-order valence-electron chi connectivity index (χ2n) is 5.68.